The molecule has 0 saturated carbocycles. The molecule has 1 N–H and O–H groups in total. The van der Waals surface area contributed by atoms with Gasteiger partial charge in [0.2, 0.25) is 0 Å². The van der Waals surface area contributed by atoms with Gasteiger partial charge in [-0.05, 0) is 39.0 Å². The van der Waals surface area contributed by atoms with Crippen LogP contribution in [-0.2, 0) is 6.54 Å². The first-order valence-corrected chi connectivity index (χ1v) is 8.46. The molecule has 8 heteroatoms. The van der Waals surface area contributed by atoms with Crippen LogP contribution in [0.25, 0.3) is 16.7 Å². The second kappa shape index (κ2) is 6.21. The predicted octanol–water partition coefficient (Wildman–Crippen LogP) is 2.29. The number of hydrogen-bond acceptors (Lipinski definition) is 5. The molecule has 0 radical (unpaired) electrons. The molecular formula is C18H19N7O. The minimum Gasteiger partial charge on any atom is -0.345 e. The third-order valence-corrected chi connectivity index (χ3v) is 4.28. The van der Waals surface area contributed by atoms with Crippen molar-refractivity contribution in [3.05, 3.63) is 53.7 Å². The van der Waals surface area contributed by atoms with Crippen LogP contribution >= 0.6 is 0 Å². The molecular weight excluding hydrogens is 330 g/mol. The topological polar surface area (TPSA) is 90.0 Å². The van der Waals surface area contributed by atoms with E-state index in [0.29, 0.717) is 17.1 Å². The highest BCUT2D eigenvalue weighted by molar-refractivity contribution is 5.98. The molecule has 0 fully saturated rings. The lowest BCUT2D eigenvalue weighted by atomic mass is 10.1. The monoisotopic (exact) mass is 349 g/mol. The van der Waals surface area contributed by atoms with Gasteiger partial charge in [-0.2, -0.15) is 5.10 Å². The second-order valence-corrected chi connectivity index (χ2v) is 6.44. The maximum atomic E-state index is 12.6. The largest absolute Gasteiger partial charge is 0.345 e. The second-order valence-electron chi connectivity index (χ2n) is 6.44. The van der Waals surface area contributed by atoms with Crippen LogP contribution in [0, 0.1) is 6.92 Å². The summed E-state index contributed by atoms with van der Waals surface area (Å²) in [7, 11) is 0. The van der Waals surface area contributed by atoms with Crippen molar-refractivity contribution in [3.63, 3.8) is 0 Å². The molecule has 0 saturated heterocycles. The third-order valence-electron chi connectivity index (χ3n) is 4.28. The van der Waals surface area contributed by atoms with Crippen molar-refractivity contribution in [3.8, 4) is 0 Å². The number of nitrogens with zero attached hydrogens (tertiary/aromatic N) is 6. The maximum absolute atomic E-state index is 12.6. The summed E-state index contributed by atoms with van der Waals surface area (Å²) in [6.07, 6.45) is 3.61. The molecule has 4 aromatic rings. The van der Waals surface area contributed by atoms with Gasteiger partial charge in [-0.15, -0.1) is 10.2 Å². The van der Waals surface area contributed by atoms with Gasteiger partial charge < -0.3 is 5.32 Å². The molecule has 0 bridgehead atoms. The molecule has 4 heterocycles. The number of nitrogens with one attached hydrogen (secondary N) is 1. The molecule has 132 valence electrons. The Bertz CT molecular complexity index is 1110. The summed E-state index contributed by atoms with van der Waals surface area (Å²) in [4.78, 5) is 17.2. The van der Waals surface area contributed by atoms with Gasteiger partial charge in [-0.1, -0.05) is 6.07 Å². The number of amides is 1. The number of carbonyl (C=O) groups excluding carboxylic acids is 1. The molecule has 8 nitrogen and oxygen atoms in total. The molecule has 4 aromatic heterocycles. The van der Waals surface area contributed by atoms with Gasteiger partial charge in [0.05, 0.1) is 24.0 Å². The van der Waals surface area contributed by atoms with Crippen molar-refractivity contribution in [2.24, 2.45) is 0 Å². The summed E-state index contributed by atoms with van der Waals surface area (Å²) >= 11 is 0. The van der Waals surface area contributed by atoms with Crippen molar-refractivity contribution in [1.29, 1.82) is 0 Å². The van der Waals surface area contributed by atoms with Crippen LogP contribution in [0.15, 0.2) is 36.7 Å². The summed E-state index contributed by atoms with van der Waals surface area (Å²) in [6.45, 7) is 6.21. The molecule has 0 atom stereocenters. The van der Waals surface area contributed by atoms with Gasteiger partial charge in [0.15, 0.2) is 17.1 Å². The minimum absolute atomic E-state index is 0.193. The zero-order valence-electron chi connectivity index (χ0n) is 14.8. The SMILES string of the molecule is Cc1nc2c(cnn2C(C)C)cc1C(=O)NCc1nnc2ccccn12. The van der Waals surface area contributed by atoms with Crippen molar-refractivity contribution < 1.29 is 4.79 Å². The van der Waals surface area contributed by atoms with Crippen LogP contribution in [-0.4, -0.2) is 35.3 Å². The number of pyridine rings is 2. The summed E-state index contributed by atoms with van der Waals surface area (Å²) in [5.74, 6) is 0.482. The maximum Gasteiger partial charge on any atom is 0.253 e. The van der Waals surface area contributed by atoms with E-state index in [2.05, 4.69) is 25.6 Å². The van der Waals surface area contributed by atoms with E-state index in [4.69, 9.17) is 0 Å². The van der Waals surface area contributed by atoms with Gasteiger partial charge in [0, 0.05) is 17.6 Å². The Kier molecular flexibility index (Phi) is 3.87. The summed E-state index contributed by atoms with van der Waals surface area (Å²) in [5, 5.41) is 16.3. The number of fused-ring (bicyclic) bond motifs is 2. The van der Waals surface area contributed by atoms with E-state index in [0.717, 1.165) is 16.7 Å². The number of aromatic nitrogens is 6. The fourth-order valence-corrected chi connectivity index (χ4v) is 2.94. The lowest BCUT2D eigenvalue weighted by Crippen LogP contribution is -2.25. The fraction of sp³-hybridized carbons (Fsp3) is 0.278. The summed E-state index contributed by atoms with van der Waals surface area (Å²) in [6, 6.07) is 7.71. The van der Waals surface area contributed by atoms with E-state index in [1.54, 1.807) is 6.20 Å². The Hall–Kier alpha value is -3.29. The van der Waals surface area contributed by atoms with Crippen LogP contribution < -0.4 is 5.32 Å². The van der Waals surface area contributed by atoms with Gasteiger partial charge in [0.25, 0.3) is 5.91 Å². The summed E-state index contributed by atoms with van der Waals surface area (Å²) < 4.78 is 3.70. The van der Waals surface area contributed by atoms with Crippen LogP contribution in [0.3, 0.4) is 0 Å². The zero-order chi connectivity index (χ0) is 18.3. The van der Waals surface area contributed by atoms with Crippen LogP contribution in [0.1, 0.15) is 41.8 Å². The molecule has 1 amide bonds. The normalized spacial score (nSPS) is 11.5. The lowest BCUT2D eigenvalue weighted by molar-refractivity contribution is 0.0949. The molecule has 0 unspecified atom stereocenters. The fourth-order valence-electron chi connectivity index (χ4n) is 2.94. The van der Waals surface area contributed by atoms with Crippen molar-refractivity contribution >= 4 is 22.6 Å². The third kappa shape index (κ3) is 2.69. The molecule has 0 spiro atoms. The molecule has 0 aromatic carbocycles. The Morgan fingerprint density at radius 3 is 2.92 bits per heavy atom. The number of carbonyl (C=O) groups is 1. The first-order valence-electron chi connectivity index (χ1n) is 8.46. The van der Waals surface area contributed by atoms with Gasteiger partial charge in [-0.25, -0.2) is 9.67 Å². The first kappa shape index (κ1) is 16.2. The van der Waals surface area contributed by atoms with Gasteiger partial charge in [-0.3, -0.25) is 9.20 Å². The Morgan fingerprint density at radius 1 is 1.27 bits per heavy atom. The van der Waals surface area contributed by atoms with E-state index in [-0.39, 0.29) is 18.5 Å². The van der Waals surface area contributed by atoms with E-state index in [9.17, 15) is 4.79 Å². The standard InChI is InChI=1S/C18H19N7O/c1-11(2)25-17-13(9-20-25)8-14(12(3)21-17)18(26)19-10-16-23-22-15-6-4-5-7-24(15)16/h4-9,11H,10H2,1-3H3,(H,19,26). The van der Waals surface area contributed by atoms with Crippen LogP contribution in [0.2, 0.25) is 0 Å². The highest BCUT2D eigenvalue weighted by Crippen LogP contribution is 2.19. The minimum atomic E-state index is -0.193. The average Bonchev–Trinajstić information content (AvgIpc) is 3.22. The Morgan fingerprint density at radius 2 is 2.12 bits per heavy atom. The van der Waals surface area contributed by atoms with Crippen LogP contribution in [0.5, 0.6) is 0 Å². The first-order chi connectivity index (χ1) is 12.5. The van der Waals surface area contributed by atoms with Crippen molar-refractivity contribution in [1.82, 2.24) is 34.7 Å². The number of rotatable bonds is 4. The summed E-state index contributed by atoms with van der Waals surface area (Å²) in [5.41, 5.74) is 2.74. The molecule has 4 rings (SSSR count). The van der Waals surface area contributed by atoms with Crippen LogP contribution in [0.4, 0.5) is 0 Å². The predicted molar refractivity (Wildman–Crippen MR) is 96.8 cm³/mol. The molecule has 0 aliphatic rings. The van der Waals surface area contributed by atoms with Gasteiger partial charge >= 0.3 is 0 Å². The smallest absolute Gasteiger partial charge is 0.253 e. The van der Waals surface area contributed by atoms with E-state index in [1.165, 1.54) is 0 Å². The molecule has 0 aliphatic carbocycles. The zero-order valence-corrected chi connectivity index (χ0v) is 14.8. The van der Waals surface area contributed by atoms with E-state index >= 15 is 0 Å². The highest BCUT2D eigenvalue weighted by Gasteiger charge is 2.16. The van der Waals surface area contributed by atoms with E-state index in [1.807, 2.05) is 60.3 Å². The highest BCUT2D eigenvalue weighted by atomic mass is 16.1. The van der Waals surface area contributed by atoms with Crippen molar-refractivity contribution in [2.45, 2.75) is 33.4 Å². The molecule has 26 heavy (non-hydrogen) atoms. The van der Waals surface area contributed by atoms with Crippen molar-refractivity contribution in [2.75, 3.05) is 0 Å². The molecule has 0 aliphatic heterocycles. The number of aryl methyl sites for hydroxylation is 1. The number of hydrogen-bond donors (Lipinski definition) is 1. The van der Waals surface area contributed by atoms with E-state index < -0.39 is 0 Å². The van der Waals surface area contributed by atoms with Gasteiger partial charge in [0.1, 0.15) is 0 Å². The Labute approximate surface area is 149 Å². The average molecular weight is 349 g/mol. The Balaban J connectivity index is 1.59. The lowest BCUT2D eigenvalue weighted by Gasteiger charge is -2.09. The quantitative estimate of drug-likeness (QED) is 0.610.